The lowest BCUT2D eigenvalue weighted by molar-refractivity contribution is -0.145. The summed E-state index contributed by atoms with van der Waals surface area (Å²) < 4.78 is 5.29. The molecule has 2 aromatic rings. The molecular weight excluding hydrogens is 386 g/mol. The van der Waals surface area contributed by atoms with Gasteiger partial charge in [-0.2, -0.15) is 0 Å². The van der Waals surface area contributed by atoms with E-state index in [4.69, 9.17) is 16.3 Å². The monoisotopic (exact) mass is 407 g/mol. The van der Waals surface area contributed by atoms with Crippen molar-refractivity contribution in [3.05, 3.63) is 56.7 Å². The van der Waals surface area contributed by atoms with Gasteiger partial charge in [-0.1, -0.05) is 37.6 Å². The van der Waals surface area contributed by atoms with Crippen LogP contribution in [-0.4, -0.2) is 24.3 Å². The van der Waals surface area contributed by atoms with Crippen LogP contribution in [0.15, 0.2) is 36.4 Å². The molecule has 0 spiro atoms. The van der Waals surface area contributed by atoms with Crippen LogP contribution in [0.3, 0.4) is 0 Å². The smallest absolute Gasteiger partial charge is 0.314 e. The zero-order chi connectivity index (χ0) is 20.0. The standard InChI is InChI=1S/C20H22ClNO4S/c1-12(2)19(14-4-6-15(21)7-5-14)20(25)26-11-17(24)18-9-8-16(27-18)10-22-13(3)23/h4-9,12,19H,10-11H2,1-3H3,(H,22,23). The summed E-state index contributed by atoms with van der Waals surface area (Å²) in [5, 5.41) is 3.27. The van der Waals surface area contributed by atoms with E-state index in [0.717, 1.165) is 10.4 Å². The number of ketones is 1. The normalized spacial score (nSPS) is 11.9. The number of carbonyl (C=O) groups is 3. The van der Waals surface area contributed by atoms with Gasteiger partial charge in [-0.05, 0) is 35.7 Å². The number of hydrogen-bond donors (Lipinski definition) is 1. The van der Waals surface area contributed by atoms with Crippen LogP contribution in [-0.2, 0) is 20.9 Å². The van der Waals surface area contributed by atoms with Crippen LogP contribution in [0.25, 0.3) is 0 Å². The molecule has 0 aliphatic heterocycles. The van der Waals surface area contributed by atoms with Crippen molar-refractivity contribution >= 4 is 40.6 Å². The summed E-state index contributed by atoms with van der Waals surface area (Å²) in [5.74, 6) is -1.28. The lowest BCUT2D eigenvalue weighted by Crippen LogP contribution is -2.23. The Bertz CT molecular complexity index is 814. The zero-order valence-corrected chi connectivity index (χ0v) is 17.0. The minimum Gasteiger partial charge on any atom is -0.457 e. The second-order valence-corrected chi connectivity index (χ2v) is 8.08. The van der Waals surface area contributed by atoms with E-state index >= 15 is 0 Å². The molecule has 5 nitrogen and oxygen atoms in total. The van der Waals surface area contributed by atoms with Gasteiger partial charge in [-0.15, -0.1) is 11.3 Å². The Kier molecular flexibility index (Phi) is 7.56. The number of esters is 1. The fourth-order valence-corrected chi connectivity index (χ4v) is 3.59. The van der Waals surface area contributed by atoms with Gasteiger partial charge in [0.15, 0.2) is 6.61 Å². The van der Waals surface area contributed by atoms with Gasteiger partial charge in [-0.3, -0.25) is 14.4 Å². The number of nitrogens with one attached hydrogen (secondary N) is 1. The average Bonchev–Trinajstić information content (AvgIpc) is 3.08. The molecule has 27 heavy (non-hydrogen) atoms. The third kappa shape index (κ3) is 6.19. The van der Waals surface area contributed by atoms with Crippen molar-refractivity contribution in [1.29, 1.82) is 0 Å². The number of ether oxygens (including phenoxy) is 1. The second kappa shape index (κ2) is 9.67. The molecule has 1 N–H and O–H groups in total. The van der Waals surface area contributed by atoms with Crippen molar-refractivity contribution in [1.82, 2.24) is 5.32 Å². The zero-order valence-electron chi connectivity index (χ0n) is 15.5. The molecule has 0 saturated carbocycles. The summed E-state index contributed by atoms with van der Waals surface area (Å²) in [7, 11) is 0. The summed E-state index contributed by atoms with van der Waals surface area (Å²) in [4.78, 5) is 37.1. The Morgan fingerprint density at radius 3 is 2.37 bits per heavy atom. The van der Waals surface area contributed by atoms with E-state index in [1.165, 1.54) is 18.3 Å². The van der Waals surface area contributed by atoms with Gasteiger partial charge in [-0.25, -0.2) is 0 Å². The number of amides is 1. The largest absolute Gasteiger partial charge is 0.457 e. The van der Waals surface area contributed by atoms with Crippen LogP contribution in [0.5, 0.6) is 0 Å². The third-order valence-corrected chi connectivity index (χ3v) is 5.32. The Morgan fingerprint density at radius 1 is 1.11 bits per heavy atom. The predicted octanol–water partition coefficient (Wildman–Crippen LogP) is 4.20. The van der Waals surface area contributed by atoms with E-state index in [0.29, 0.717) is 16.4 Å². The Balaban J connectivity index is 1.97. The first kappa shape index (κ1) is 21.1. The van der Waals surface area contributed by atoms with E-state index in [9.17, 15) is 14.4 Å². The quantitative estimate of drug-likeness (QED) is 0.525. The number of rotatable bonds is 8. The summed E-state index contributed by atoms with van der Waals surface area (Å²) in [6, 6.07) is 10.5. The Labute approximate surface area is 167 Å². The SMILES string of the molecule is CC(=O)NCc1ccc(C(=O)COC(=O)C(c2ccc(Cl)cc2)C(C)C)s1. The average molecular weight is 408 g/mol. The summed E-state index contributed by atoms with van der Waals surface area (Å²) >= 11 is 7.18. The molecule has 1 aromatic carbocycles. The van der Waals surface area contributed by atoms with Crippen molar-refractivity contribution in [3.8, 4) is 0 Å². The van der Waals surface area contributed by atoms with Crippen LogP contribution in [0.1, 0.15) is 46.8 Å². The number of carbonyl (C=O) groups excluding carboxylic acids is 3. The first-order valence-corrected chi connectivity index (χ1v) is 9.75. The summed E-state index contributed by atoms with van der Waals surface area (Å²) in [6.07, 6.45) is 0. The lowest BCUT2D eigenvalue weighted by Gasteiger charge is -2.19. The molecule has 1 aromatic heterocycles. The van der Waals surface area contributed by atoms with Crippen molar-refractivity contribution in [2.24, 2.45) is 5.92 Å². The molecule has 0 aliphatic rings. The van der Waals surface area contributed by atoms with Gasteiger partial charge < -0.3 is 10.1 Å². The Morgan fingerprint density at radius 2 is 1.78 bits per heavy atom. The van der Waals surface area contributed by atoms with Crippen LogP contribution < -0.4 is 5.32 Å². The van der Waals surface area contributed by atoms with Gasteiger partial charge in [0.25, 0.3) is 0 Å². The molecule has 2 rings (SSSR count). The fourth-order valence-electron chi connectivity index (χ4n) is 2.60. The van der Waals surface area contributed by atoms with Gasteiger partial charge in [0.1, 0.15) is 0 Å². The van der Waals surface area contributed by atoms with E-state index < -0.39 is 11.9 Å². The molecule has 0 saturated heterocycles. The lowest BCUT2D eigenvalue weighted by atomic mass is 9.88. The highest BCUT2D eigenvalue weighted by molar-refractivity contribution is 7.14. The number of benzene rings is 1. The molecule has 144 valence electrons. The van der Waals surface area contributed by atoms with Crippen LogP contribution in [0.2, 0.25) is 5.02 Å². The number of Topliss-reactive ketones (excluding diaryl/α,β-unsaturated/α-hetero) is 1. The highest BCUT2D eigenvalue weighted by Crippen LogP contribution is 2.27. The number of thiophene rings is 1. The predicted molar refractivity (Wildman–Crippen MR) is 106 cm³/mol. The van der Waals surface area contributed by atoms with Crippen molar-refractivity contribution in [2.75, 3.05) is 6.61 Å². The van der Waals surface area contributed by atoms with E-state index in [2.05, 4.69) is 5.32 Å². The molecule has 0 radical (unpaired) electrons. The third-order valence-electron chi connectivity index (χ3n) is 3.94. The highest BCUT2D eigenvalue weighted by atomic mass is 35.5. The van der Waals surface area contributed by atoms with Gasteiger partial charge >= 0.3 is 5.97 Å². The highest BCUT2D eigenvalue weighted by Gasteiger charge is 2.26. The van der Waals surface area contributed by atoms with E-state index in [1.54, 1.807) is 36.4 Å². The molecule has 1 heterocycles. The van der Waals surface area contributed by atoms with Crippen molar-refractivity contribution in [3.63, 3.8) is 0 Å². The van der Waals surface area contributed by atoms with Crippen molar-refractivity contribution < 1.29 is 19.1 Å². The maximum atomic E-state index is 12.5. The molecule has 1 amide bonds. The first-order chi connectivity index (χ1) is 12.8. The van der Waals surface area contributed by atoms with Gasteiger partial charge in [0.05, 0.1) is 17.3 Å². The molecule has 1 unspecified atom stereocenters. The molecule has 1 atom stereocenters. The maximum absolute atomic E-state index is 12.5. The summed E-state index contributed by atoms with van der Waals surface area (Å²) in [6.45, 7) is 5.35. The molecule has 0 aliphatic carbocycles. The van der Waals surface area contributed by atoms with Crippen LogP contribution in [0, 0.1) is 5.92 Å². The summed E-state index contributed by atoms with van der Waals surface area (Å²) in [5.41, 5.74) is 0.806. The van der Waals surface area contributed by atoms with Gasteiger partial charge in [0.2, 0.25) is 11.7 Å². The van der Waals surface area contributed by atoms with E-state index in [-0.39, 0.29) is 24.2 Å². The number of halogens is 1. The topological polar surface area (TPSA) is 72.5 Å². The first-order valence-electron chi connectivity index (χ1n) is 8.56. The van der Waals surface area contributed by atoms with Gasteiger partial charge in [0, 0.05) is 16.8 Å². The molecule has 0 bridgehead atoms. The van der Waals surface area contributed by atoms with Crippen LogP contribution in [0.4, 0.5) is 0 Å². The van der Waals surface area contributed by atoms with E-state index in [1.807, 2.05) is 13.8 Å². The number of hydrogen-bond acceptors (Lipinski definition) is 5. The minimum absolute atomic E-state index is 0.0137. The fraction of sp³-hybridized carbons (Fsp3) is 0.350. The minimum atomic E-state index is -0.464. The molecule has 0 fully saturated rings. The second-order valence-electron chi connectivity index (χ2n) is 6.48. The molecule has 7 heteroatoms. The van der Waals surface area contributed by atoms with Crippen LogP contribution >= 0.6 is 22.9 Å². The Hall–Kier alpha value is -2.18. The molecular formula is C20H22ClNO4S. The maximum Gasteiger partial charge on any atom is 0.314 e. The van der Waals surface area contributed by atoms with Crippen molar-refractivity contribution in [2.45, 2.75) is 33.2 Å².